The topological polar surface area (TPSA) is 99.4 Å². The first-order chi connectivity index (χ1) is 16.9. The number of benzene rings is 3. The van der Waals surface area contributed by atoms with Gasteiger partial charge in [-0.3, -0.25) is 0 Å². The van der Waals surface area contributed by atoms with Gasteiger partial charge in [0.25, 0.3) is 0 Å². The Morgan fingerprint density at radius 2 is 1.23 bits per heavy atom. The molecule has 6 nitrogen and oxygen atoms in total. The first-order valence-corrected chi connectivity index (χ1v) is 12.1. The van der Waals surface area contributed by atoms with E-state index in [9.17, 15) is 20.4 Å². The fourth-order valence-electron chi connectivity index (χ4n) is 5.05. The van der Waals surface area contributed by atoms with E-state index in [2.05, 4.69) is 0 Å². The summed E-state index contributed by atoms with van der Waals surface area (Å²) in [6, 6.07) is 27.8. The van der Waals surface area contributed by atoms with Crippen LogP contribution in [0.15, 0.2) is 91.0 Å². The van der Waals surface area contributed by atoms with E-state index in [0.717, 1.165) is 16.7 Å². The van der Waals surface area contributed by atoms with E-state index in [4.69, 9.17) is 9.47 Å². The van der Waals surface area contributed by atoms with Crippen molar-refractivity contribution in [2.24, 2.45) is 0 Å². The summed E-state index contributed by atoms with van der Waals surface area (Å²) in [6.45, 7) is 1.98. The quantitative estimate of drug-likeness (QED) is 0.377. The van der Waals surface area contributed by atoms with Crippen molar-refractivity contribution in [3.05, 3.63) is 108 Å². The van der Waals surface area contributed by atoms with Crippen molar-refractivity contribution in [3.8, 4) is 0 Å². The van der Waals surface area contributed by atoms with E-state index >= 15 is 0 Å². The Kier molecular flexibility index (Phi) is 8.02. The van der Waals surface area contributed by atoms with Gasteiger partial charge < -0.3 is 29.9 Å². The minimum absolute atomic E-state index is 0.0381. The molecule has 6 atom stereocenters. The molecule has 0 amide bonds. The summed E-state index contributed by atoms with van der Waals surface area (Å²) in [6.07, 6.45) is -5.10. The molecule has 3 aromatic carbocycles. The van der Waals surface area contributed by atoms with Crippen LogP contribution in [0.1, 0.15) is 23.6 Å². The predicted molar refractivity (Wildman–Crippen MR) is 133 cm³/mol. The zero-order valence-corrected chi connectivity index (χ0v) is 19.9. The third-order valence-electron chi connectivity index (χ3n) is 6.85. The van der Waals surface area contributed by atoms with Crippen LogP contribution in [0.5, 0.6) is 0 Å². The Hall–Kier alpha value is -2.58. The van der Waals surface area contributed by atoms with Gasteiger partial charge >= 0.3 is 0 Å². The predicted octanol–water partition coefficient (Wildman–Crippen LogP) is 2.66. The van der Waals surface area contributed by atoms with Crippen LogP contribution in [-0.4, -0.2) is 62.8 Å². The molecule has 3 aromatic rings. The van der Waals surface area contributed by atoms with Crippen molar-refractivity contribution < 1.29 is 29.9 Å². The maximum absolute atomic E-state index is 12.3. The highest BCUT2D eigenvalue weighted by molar-refractivity contribution is 5.28. The molecular weight excluding hydrogens is 444 g/mol. The molecule has 1 saturated heterocycles. The van der Waals surface area contributed by atoms with Crippen molar-refractivity contribution >= 4 is 0 Å². The van der Waals surface area contributed by atoms with Crippen LogP contribution >= 0.6 is 0 Å². The summed E-state index contributed by atoms with van der Waals surface area (Å²) in [5.41, 5.74) is -1.79. The van der Waals surface area contributed by atoms with Gasteiger partial charge in [-0.25, -0.2) is 0 Å². The molecular formula is C29H34O6. The molecule has 6 heteroatoms. The maximum Gasteiger partial charge on any atom is 0.186 e. The summed E-state index contributed by atoms with van der Waals surface area (Å²) in [4.78, 5) is 0. The van der Waals surface area contributed by atoms with E-state index in [0.29, 0.717) is 0 Å². The zero-order valence-electron chi connectivity index (χ0n) is 19.9. The van der Waals surface area contributed by atoms with Crippen LogP contribution in [0.2, 0.25) is 0 Å². The van der Waals surface area contributed by atoms with Gasteiger partial charge in [0.05, 0.1) is 6.10 Å². The highest BCUT2D eigenvalue weighted by Gasteiger charge is 2.66. The van der Waals surface area contributed by atoms with Crippen LogP contribution in [-0.2, 0) is 28.7 Å². The standard InChI is InChI=1S/C29H34O6/c1-2-34-27-25(31)28(32,19-22-14-8-4-9-15-22)29(33,20-23-16-10-5-11-17-23)26(35-27)24(30)18-21-12-6-3-7-13-21/h3-17,24-27,30-33H,2,18-20H2,1H3/t24?,25-,26+,27-,28+,29+/m0/s1. The van der Waals surface area contributed by atoms with Crippen LogP contribution in [0.25, 0.3) is 0 Å². The van der Waals surface area contributed by atoms with Gasteiger partial charge in [-0.05, 0) is 23.6 Å². The van der Waals surface area contributed by atoms with E-state index in [1.165, 1.54) is 0 Å². The molecule has 0 radical (unpaired) electrons. The molecule has 0 spiro atoms. The summed E-state index contributed by atoms with van der Waals surface area (Å²) >= 11 is 0. The largest absolute Gasteiger partial charge is 0.390 e. The summed E-state index contributed by atoms with van der Waals surface area (Å²) in [5, 5.41) is 47.2. The van der Waals surface area contributed by atoms with Gasteiger partial charge in [-0.2, -0.15) is 0 Å². The van der Waals surface area contributed by atoms with Crippen LogP contribution in [0.4, 0.5) is 0 Å². The summed E-state index contributed by atoms with van der Waals surface area (Å²) in [7, 11) is 0. The minimum atomic E-state index is -2.08. The highest BCUT2D eigenvalue weighted by Crippen LogP contribution is 2.44. The first-order valence-electron chi connectivity index (χ1n) is 12.1. The van der Waals surface area contributed by atoms with Gasteiger partial charge in [-0.15, -0.1) is 0 Å². The molecule has 0 aromatic heterocycles. The van der Waals surface area contributed by atoms with Crippen LogP contribution in [0.3, 0.4) is 0 Å². The number of ether oxygens (including phenoxy) is 2. The molecule has 1 unspecified atom stereocenters. The third-order valence-corrected chi connectivity index (χ3v) is 6.85. The van der Waals surface area contributed by atoms with Crippen molar-refractivity contribution in [1.82, 2.24) is 0 Å². The van der Waals surface area contributed by atoms with Crippen LogP contribution < -0.4 is 0 Å². The van der Waals surface area contributed by atoms with Crippen molar-refractivity contribution in [1.29, 1.82) is 0 Å². The summed E-state index contributed by atoms with van der Waals surface area (Å²) in [5.74, 6) is 0. The first kappa shape index (κ1) is 25.5. The average molecular weight is 479 g/mol. The van der Waals surface area contributed by atoms with Gasteiger partial charge in [0, 0.05) is 25.9 Å². The third kappa shape index (κ3) is 5.33. The van der Waals surface area contributed by atoms with Gasteiger partial charge in [0.2, 0.25) is 0 Å². The Morgan fingerprint density at radius 1 is 0.771 bits per heavy atom. The fourth-order valence-corrected chi connectivity index (χ4v) is 5.05. The Balaban J connectivity index is 1.79. The minimum Gasteiger partial charge on any atom is -0.390 e. The average Bonchev–Trinajstić information content (AvgIpc) is 2.87. The lowest BCUT2D eigenvalue weighted by molar-refractivity contribution is -0.372. The maximum atomic E-state index is 12.3. The van der Waals surface area contributed by atoms with E-state index in [-0.39, 0.29) is 25.9 Å². The smallest absolute Gasteiger partial charge is 0.186 e. The van der Waals surface area contributed by atoms with E-state index in [1.807, 2.05) is 91.0 Å². The molecule has 0 saturated carbocycles. The number of rotatable bonds is 9. The molecule has 4 N–H and O–H groups in total. The second-order valence-electron chi connectivity index (χ2n) is 9.26. The van der Waals surface area contributed by atoms with Crippen molar-refractivity contribution in [2.75, 3.05) is 6.61 Å². The number of aliphatic hydroxyl groups excluding tert-OH is 2. The Morgan fingerprint density at radius 3 is 1.71 bits per heavy atom. The zero-order chi connectivity index (χ0) is 24.9. The lowest BCUT2D eigenvalue weighted by Gasteiger charge is -2.56. The SMILES string of the molecule is CCO[C@H]1O[C@H](C(O)Cc2ccccc2)[C@](O)(Cc2ccccc2)[C@@](O)(Cc2ccccc2)[C@H]1O. The van der Waals surface area contributed by atoms with Gasteiger partial charge in [0.1, 0.15) is 23.4 Å². The Labute approximate surface area is 206 Å². The number of aliphatic hydroxyl groups is 4. The fraction of sp³-hybridized carbons (Fsp3) is 0.379. The molecule has 35 heavy (non-hydrogen) atoms. The highest BCUT2D eigenvalue weighted by atomic mass is 16.7. The molecule has 1 heterocycles. The molecule has 0 aliphatic carbocycles. The second kappa shape index (κ2) is 11.0. The van der Waals surface area contributed by atoms with E-state index < -0.39 is 35.8 Å². The molecule has 1 fully saturated rings. The van der Waals surface area contributed by atoms with E-state index in [1.54, 1.807) is 6.92 Å². The molecule has 0 bridgehead atoms. The lowest BCUT2D eigenvalue weighted by Crippen LogP contribution is -2.77. The number of hydrogen-bond donors (Lipinski definition) is 4. The number of hydrogen-bond acceptors (Lipinski definition) is 6. The van der Waals surface area contributed by atoms with Gasteiger partial charge in [0.15, 0.2) is 6.29 Å². The molecule has 4 rings (SSSR count). The Bertz CT molecular complexity index is 1050. The monoisotopic (exact) mass is 478 g/mol. The molecule has 1 aliphatic heterocycles. The molecule has 186 valence electrons. The lowest BCUT2D eigenvalue weighted by atomic mass is 9.65. The van der Waals surface area contributed by atoms with Crippen molar-refractivity contribution in [2.45, 2.75) is 62.0 Å². The second-order valence-corrected chi connectivity index (χ2v) is 9.26. The summed E-state index contributed by atoms with van der Waals surface area (Å²) < 4.78 is 11.7. The normalized spacial score (nSPS) is 29.6. The van der Waals surface area contributed by atoms with Crippen LogP contribution in [0, 0.1) is 0 Å². The van der Waals surface area contributed by atoms with Crippen molar-refractivity contribution in [3.63, 3.8) is 0 Å². The van der Waals surface area contributed by atoms with Gasteiger partial charge in [-0.1, -0.05) is 91.0 Å². The molecule has 1 aliphatic rings.